The van der Waals surface area contributed by atoms with Gasteiger partial charge in [0.05, 0.1) is 0 Å². The zero-order valence-electron chi connectivity index (χ0n) is 10.9. The van der Waals surface area contributed by atoms with E-state index in [1.807, 2.05) is 0 Å². The maximum absolute atomic E-state index is 2.32. The fourth-order valence-electron chi connectivity index (χ4n) is 2.87. The largest absolute Gasteiger partial charge is 0.0616 e. The van der Waals surface area contributed by atoms with Crippen LogP contribution in [0.2, 0.25) is 0 Å². The van der Waals surface area contributed by atoms with Crippen molar-refractivity contribution in [1.82, 2.24) is 0 Å². The Morgan fingerprint density at radius 1 is 0.526 bits per heavy atom. The smallest absolute Gasteiger partial charge is 0.00990 e. The minimum absolute atomic E-state index is 1.31. The third kappa shape index (κ3) is 1.61. The second kappa shape index (κ2) is 3.83. The molecule has 0 aliphatic carbocycles. The van der Waals surface area contributed by atoms with E-state index in [9.17, 15) is 0 Å². The van der Waals surface area contributed by atoms with E-state index >= 15 is 0 Å². The van der Waals surface area contributed by atoms with E-state index in [-0.39, 0.29) is 0 Å². The molecule has 4 aromatic carbocycles. The number of aryl methyl sites for hydroxylation is 1. The molecule has 0 bridgehead atoms. The van der Waals surface area contributed by atoms with E-state index in [1.165, 1.54) is 37.9 Å². The number of rotatable bonds is 0. The maximum atomic E-state index is 2.32. The molecule has 0 fully saturated rings. The first-order valence-electron chi connectivity index (χ1n) is 6.63. The van der Waals surface area contributed by atoms with Crippen molar-refractivity contribution >= 4 is 32.3 Å². The summed E-state index contributed by atoms with van der Waals surface area (Å²) in [5.41, 5.74) is 1.31. The fourth-order valence-corrected chi connectivity index (χ4v) is 2.87. The van der Waals surface area contributed by atoms with Gasteiger partial charge in [-0.2, -0.15) is 0 Å². The summed E-state index contributed by atoms with van der Waals surface area (Å²) in [5.74, 6) is 0. The lowest BCUT2D eigenvalue weighted by Crippen LogP contribution is -1.80. The van der Waals surface area contributed by atoms with Gasteiger partial charge in [-0.25, -0.2) is 0 Å². The number of fused-ring (bicyclic) bond motifs is 4. The normalized spacial score (nSPS) is 11.4. The van der Waals surface area contributed by atoms with Crippen molar-refractivity contribution in [3.05, 3.63) is 72.3 Å². The van der Waals surface area contributed by atoms with Gasteiger partial charge in [0.1, 0.15) is 0 Å². The van der Waals surface area contributed by atoms with Crippen LogP contribution in [0.3, 0.4) is 0 Å². The van der Waals surface area contributed by atoms with E-state index in [1.54, 1.807) is 0 Å². The minimum atomic E-state index is 1.31. The van der Waals surface area contributed by atoms with Crippen LogP contribution in [0.5, 0.6) is 0 Å². The van der Waals surface area contributed by atoms with Crippen molar-refractivity contribution < 1.29 is 0 Å². The third-order valence-corrected chi connectivity index (χ3v) is 3.86. The molecular formula is C19H14. The summed E-state index contributed by atoms with van der Waals surface area (Å²) in [6.45, 7) is 2.15. The summed E-state index contributed by atoms with van der Waals surface area (Å²) >= 11 is 0. The molecule has 0 N–H and O–H groups in total. The molecule has 4 aromatic rings. The molecule has 0 heterocycles. The van der Waals surface area contributed by atoms with Crippen LogP contribution < -0.4 is 0 Å². The van der Waals surface area contributed by atoms with Crippen LogP contribution in [-0.4, -0.2) is 0 Å². The highest BCUT2D eigenvalue weighted by Crippen LogP contribution is 2.29. The highest BCUT2D eigenvalue weighted by Gasteiger charge is 2.02. The van der Waals surface area contributed by atoms with E-state index in [0.717, 1.165) is 0 Å². The predicted molar refractivity (Wildman–Crippen MR) is 83.7 cm³/mol. The summed E-state index contributed by atoms with van der Waals surface area (Å²) in [4.78, 5) is 0. The van der Waals surface area contributed by atoms with Gasteiger partial charge in [-0.3, -0.25) is 0 Å². The van der Waals surface area contributed by atoms with E-state index in [4.69, 9.17) is 0 Å². The monoisotopic (exact) mass is 242 g/mol. The number of hydrogen-bond donors (Lipinski definition) is 0. The van der Waals surface area contributed by atoms with Crippen molar-refractivity contribution in [3.8, 4) is 0 Å². The Morgan fingerprint density at radius 2 is 1.32 bits per heavy atom. The molecule has 0 saturated carbocycles. The van der Waals surface area contributed by atoms with Crippen LogP contribution in [0.15, 0.2) is 66.7 Å². The molecule has 0 spiro atoms. The van der Waals surface area contributed by atoms with Gasteiger partial charge in [0, 0.05) is 0 Å². The Kier molecular flexibility index (Phi) is 2.13. The summed E-state index contributed by atoms with van der Waals surface area (Å²) in [6.07, 6.45) is 0. The van der Waals surface area contributed by atoms with Gasteiger partial charge in [0.25, 0.3) is 0 Å². The van der Waals surface area contributed by atoms with Crippen LogP contribution >= 0.6 is 0 Å². The van der Waals surface area contributed by atoms with E-state index in [2.05, 4.69) is 73.7 Å². The molecule has 90 valence electrons. The lowest BCUT2D eigenvalue weighted by molar-refractivity contribution is 1.51. The van der Waals surface area contributed by atoms with Crippen LogP contribution in [0.25, 0.3) is 32.3 Å². The summed E-state index contributed by atoms with van der Waals surface area (Å²) in [6, 6.07) is 24.3. The van der Waals surface area contributed by atoms with Crippen molar-refractivity contribution in [1.29, 1.82) is 0 Å². The van der Waals surface area contributed by atoms with Gasteiger partial charge in [-0.15, -0.1) is 0 Å². The maximum Gasteiger partial charge on any atom is -0.00990 e. The van der Waals surface area contributed by atoms with Crippen molar-refractivity contribution in [2.75, 3.05) is 0 Å². The number of benzene rings is 4. The first-order chi connectivity index (χ1) is 9.31. The van der Waals surface area contributed by atoms with Gasteiger partial charge in [0.2, 0.25) is 0 Å². The summed E-state index contributed by atoms with van der Waals surface area (Å²) < 4.78 is 0. The van der Waals surface area contributed by atoms with Gasteiger partial charge in [0.15, 0.2) is 0 Å². The summed E-state index contributed by atoms with van der Waals surface area (Å²) in [7, 11) is 0. The number of hydrogen-bond acceptors (Lipinski definition) is 0. The Hall–Kier alpha value is -2.34. The fraction of sp³-hybridized carbons (Fsp3) is 0.0526. The van der Waals surface area contributed by atoms with Crippen LogP contribution in [0, 0.1) is 6.92 Å². The van der Waals surface area contributed by atoms with Crippen molar-refractivity contribution in [2.24, 2.45) is 0 Å². The zero-order valence-corrected chi connectivity index (χ0v) is 10.9. The molecule has 0 aliphatic heterocycles. The molecule has 0 radical (unpaired) electrons. The molecular weight excluding hydrogens is 228 g/mol. The molecule has 0 saturated heterocycles. The van der Waals surface area contributed by atoms with Gasteiger partial charge in [-0.05, 0) is 51.4 Å². The van der Waals surface area contributed by atoms with Crippen molar-refractivity contribution in [3.63, 3.8) is 0 Å². The third-order valence-electron chi connectivity index (χ3n) is 3.86. The molecule has 0 atom stereocenters. The Labute approximate surface area is 112 Å². The van der Waals surface area contributed by atoms with Crippen molar-refractivity contribution in [2.45, 2.75) is 6.92 Å². The summed E-state index contributed by atoms with van der Waals surface area (Å²) in [5, 5.41) is 7.94. The molecule has 0 heteroatoms. The molecule has 0 aromatic heterocycles. The highest BCUT2D eigenvalue weighted by atomic mass is 14.1. The van der Waals surface area contributed by atoms with Crippen LogP contribution in [0.1, 0.15) is 5.56 Å². The molecule has 0 nitrogen and oxygen atoms in total. The Balaban J connectivity index is 2.23. The van der Waals surface area contributed by atoms with Gasteiger partial charge < -0.3 is 0 Å². The molecule has 0 unspecified atom stereocenters. The van der Waals surface area contributed by atoms with Gasteiger partial charge >= 0.3 is 0 Å². The second-order valence-electron chi connectivity index (χ2n) is 5.21. The quantitative estimate of drug-likeness (QED) is 0.284. The Bertz CT molecular complexity index is 917. The topological polar surface area (TPSA) is 0 Å². The first kappa shape index (κ1) is 10.6. The average molecular weight is 242 g/mol. The molecule has 19 heavy (non-hydrogen) atoms. The van der Waals surface area contributed by atoms with E-state index < -0.39 is 0 Å². The standard InChI is InChI=1S/C19H14/c1-13-6-7-15-11-16-9-8-14-4-2-3-5-18(14)19(16)12-17(15)10-13/h2-12H,1H3. The second-order valence-corrected chi connectivity index (χ2v) is 5.21. The van der Waals surface area contributed by atoms with Crippen LogP contribution in [0.4, 0.5) is 0 Å². The molecule has 0 aliphatic rings. The highest BCUT2D eigenvalue weighted by molar-refractivity contribution is 6.12. The lowest BCUT2D eigenvalue weighted by Gasteiger charge is -2.07. The van der Waals surface area contributed by atoms with E-state index in [0.29, 0.717) is 0 Å². The zero-order chi connectivity index (χ0) is 12.8. The molecule has 0 amide bonds. The van der Waals surface area contributed by atoms with Crippen LogP contribution in [-0.2, 0) is 0 Å². The first-order valence-corrected chi connectivity index (χ1v) is 6.63. The predicted octanol–water partition coefficient (Wildman–Crippen LogP) is 5.45. The average Bonchev–Trinajstić information content (AvgIpc) is 2.45. The minimum Gasteiger partial charge on any atom is -0.0616 e. The lowest BCUT2D eigenvalue weighted by atomic mass is 9.98. The SMILES string of the molecule is Cc1ccc2cc3ccc4ccccc4c3cc2c1. The molecule has 4 rings (SSSR count). The van der Waals surface area contributed by atoms with Gasteiger partial charge in [-0.1, -0.05) is 60.2 Å². The Morgan fingerprint density at radius 3 is 2.26 bits per heavy atom.